The number of nitrogens with zero attached hydrogens (tertiary/aromatic N) is 2. The molecular formula is C17H21N3OS. The van der Waals surface area contributed by atoms with Crippen molar-refractivity contribution in [2.75, 3.05) is 19.6 Å². The van der Waals surface area contributed by atoms with Crippen molar-refractivity contribution in [3.05, 3.63) is 28.6 Å². The number of benzene rings is 1. The first-order valence-corrected chi connectivity index (χ1v) is 8.93. The molecule has 3 aliphatic rings. The fourth-order valence-electron chi connectivity index (χ4n) is 3.77. The lowest BCUT2D eigenvalue weighted by atomic mass is 9.84. The standard InChI is InChI=1S/C17H21N3OS/c1-2-16-13-9-12(3-4-14(13)19-22-16)17(21)18-15-10-20-7-5-11(15)6-8-20/h3-4,9,11,15H,2,5-8,10H2,1H3,(H,18,21)/t15-/m0/s1. The summed E-state index contributed by atoms with van der Waals surface area (Å²) in [5.41, 5.74) is 1.76. The summed E-state index contributed by atoms with van der Waals surface area (Å²) in [7, 11) is 0. The zero-order valence-corrected chi connectivity index (χ0v) is 13.7. The average Bonchev–Trinajstić information content (AvgIpc) is 2.98. The SMILES string of the molecule is CCc1snc2ccc(C(=O)N[C@H]3CN4CCC3CC4)cc12. The Kier molecular flexibility index (Phi) is 3.62. The van der Waals surface area contributed by atoms with Gasteiger partial charge in [-0.05, 0) is 68.0 Å². The van der Waals surface area contributed by atoms with Crippen LogP contribution in [-0.2, 0) is 6.42 Å². The molecule has 4 nitrogen and oxygen atoms in total. The van der Waals surface area contributed by atoms with Gasteiger partial charge in [0, 0.05) is 28.4 Å². The molecule has 0 aliphatic carbocycles. The Morgan fingerprint density at radius 3 is 2.91 bits per heavy atom. The van der Waals surface area contributed by atoms with Gasteiger partial charge in [0.05, 0.1) is 5.52 Å². The Hall–Kier alpha value is -1.46. The van der Waals surface area contributed by atoms with Crippen LogP contribution in [0, 0.1) is 5.92 Å². The third-order valence-corrected chi connectivity index (χ3v) is 6.12. The second kappa shape index (κ2) is 5.63. The third kappa shape index (κ3) is 2.42. The molecule has 3 aliphatic heterocycles. The lowest BCUT2D eigenvalue weighted by molar-refractivity contribution is 0.0620. The molecule has 3 fully saturated rings. The second-order valence-corrected chi connectivity index (χ2v) is 7.27. The first kappa shape index (κ1) is 14.2. The molecule has 2 bridgehead atoms. The van der Waals surface area contributed by atoms with Gasteiger partial charge >= 0.3 is 0 Å². The van der Waals surface area contributed by atoms with Gasteiger partial charge in [0.15, 0.2) is 0 Å². The van der Waals surface area contributed by atoms with E-state index < -0.39 is 0 Å². The molecule has 5 rings (SSSR count). The van der Waals surface area contributed by atoms with E-state index in [-0.39, 0.29) is 5.91 Å². The van der Waals surface area contributed by atoms with Crippen LogP contribution in [0.15, 0.2) is 18.2 Å². The van der Waals surface area contributed by atoms with E-state index in [4.69, 9.17) is 0 Å². The van der Waals surface area contributed by atoms with Crippen LogP contribution >= 0.6 is 11.5 Å². The lowest BCUT2D eigenvalue weighted by Crippen LogP contribution is -2.57. The number of carbonyl (C=O) groups is 1. The largest absolute Gasteiger partial charge is 0.348 e. The molecule has 0 saturated carbocycles. The molecule has 1 aromatic carbocycles. The number of aryl methyl sites for hydroxylation is 1. The van der Waals surface area contributed by atoms with Gasteiger partial charge < -0.3 is 10.2 Å². The molecule has 1 N–H and O–H groups in total. The van der Waals surface area contributed by atoms with Crippen molar-refractivity contribution in [1.29, 1.82) is 0 Å². The van der Waals surface area contributed by atoms with E-state index in [0.717, 1.165) is 29.4 Å². The van der Waals surface area contributed by atoms with Crippen molar-refractivity contribution in [2.45, 2.75) is 32.2 Å². The molecule has 1 aromatic heterocycles. The zero-order valence-electron chi connectivity index (χ0n) is 12.8. The van der Waals surface area contributed by atoms with E-state index >= 15 is 0 Å². The van der Waals surface area contributed by atoms with Gasteiger partial charge in [-0.2, -0.15) is 4.37 Å². The highest BCUT2D eigenvalue weighted by molar-refractivity contribution is 7.07. The van der Waals surface area contributed by atoms with Crippen LogP contribution < -0.4 is 5.32 Å². The normalized spacial score (nSPS) is 27.2. The van der Waals surface area contributed by atoms with Gasteiger partial charge in [0.25, 0.3) is 5.91 Å². The third-order valence-electron chi connectivity index (χ3n) is 5.11. The average molecular weight is 315 g/mol. The van der Waals surface area contributed by atoms with Crippen molar-refractivity contribution in [2.24, 2.45) is 5.92 Å². The number of piperidine rings is 3. The highest BCUT2D eigenvalue weighted by atomic mass is 32.1. The Bertz CT molecular complexity index is 703. The van der Waals surface area contributed by atoms with Crippen LogP contribution in [0.4, 0.5) is 0 Å². The van der Waals surface area contributed by atoms with Crippen LogP contribution in [-0.4, -0.2) is 40.9 Å². The van der Waals surface area contributed by atoms with Gasteiger partial charge in [0.1, 0.15) is 0 Å². The summed E-state index contributed by atoms with van der Waals surface area (Å²) in [4.78, 5) is 16.3. The number of fused-ring (bicyclic) bond motifs is 4. The molecule has 4 heterocycles. The fourth-order valence-corrected chi connectivity index (χ4v) is 4.53. The number of carbonyl (C=O) groups excluding carboxylic acids is 1. The van der Waals surface area contributed by atoms with Crippen LogP contribution in [0.3, 0.4) is 0 Å². The second-order valence-electron chi connectivity index (χ2n) is 6.41. The highest BCUT2D eigenvalue weighted by Crippen LogP contribution is 2.28. The first-order valence-electron chi connectivity index (χ1n) is 8.16. The Labute approximate surface area is 134 Å². The van der Waals surface area contributed by atoms with Crippen molar-refractivity contribution in [3.8, 4) is 0 Å². The Balaban J connectivity index is 1.55. The Morgan fingerprint density at radius 1 is 1.41 bits per heavy atom. The molecule has 0 spiro atoms. The molecule has 1 atom stereocenters. The monoisotopic (exact) mass is 315 g/mol. The number of aromatic nitrogens is 1. The summed E-state index contributed by atoms with van der Waals surface area (Å²) in [6, 6.07) is 6.19. The van der Waals surface area contributed by atoms with E-state index in [0.29, 0.717) is 12.0 Å². The number of nitrogens with one attached hydrogen (secondary N) is 1. The fraction of sp³-hybridized carbons (Fsp3) is 0.529. The smallest absolute Gasteiger partial charge is 0.251 e. The maximum atomic E-state index is 12.6. The van der Waals surface area contributed by atoms with Gasteiger partial charge in [-0.3, -0.25) is 4.79 Å². The summed E-state index contributed by atoms with van der Waals surface area (Å²) < 4.78 is 4.44. The van der Waals surface area contributed by atoms with Gasteiger partial charge in [0.2, 0.25) is 0 Å². The van der Waals surface area contributed by atoms with Crippen LogP contribution in [0.1, 0.15) is 35.0 Å². The van der Waals surface area contributed by atoms with Crippen LogP contribution in [0.5, 0.6) is 0 Å². The van der Waals surface area contributed by atoms with E-state index in [1.807, 2.05) is 18.2 Å². The minimum Gasteiger partial charge on any atom is -0.348 e. The van der Waals surface area contributed by atoms with Gasteiger partial charge in [-0.25, -0.2) is 0 Å². The zero-order chi connectivity index (χ0) is 15.1. The number of rotatable bonds is 3. The van der Waals surface area contributed by atoms with Crippen molar-refractivity contribution < 1.29 is 4.79 Å². The summed E-state index contributed by atoms with van der Waals surface area (Å²) in [5, 5.41) is 4.40. The summed E-state index contributed by atoms with van der Waals surface area (Å²) in [6.07, 6.45) is 3.41. The minimum absolute atomic E-state index is 0.0638. The lowest BCUT2D eigenvalue weighted by Gasteiger charge is -2.44. The molecule has 0 radical (unpaired) electrons. The topological polar surface area (TPSA) is 45.2 Å². The van der Waals surface area contributed by atoms with Crippen LogP contribution in [0.2, 0.25) is 0 Å². The molecule has 116 valence electrons. The van der Waals surface area contributed by atoms with Crippen molar-refractivity contribution in [3.63, 3.8) is 0 Å². The molecule has 5 heteroatoms. The van der Waals surface area contributed by atoms with E-state index in [1.165, 1.54) is 30.8 Å². The maximum absolute atomic E-state index is 12.6. The van der Waals surface area contributed by atoms with E-state index in [9.17, 15) is 4.79 Å². The summed E-state index contributed by atoms with van der Waals surface area (Å²) in [5.74, 6) is 0.723. The molecule has 22 heavy (non-hydrogen) atoms. The maximum Gasteiger partial charge on any atom is 0.251 e. The molecule has 3 saturated heterocycles. The van der Waals surface area contributed by atoms with Crippen LogP contribution in [0.25, 0.3) is 10.9 Å². The predicted molar refractivity (Wildman–Crippen MR) is 89.4 cm³/mol. The molecule has 2 aromatic rings. The van der Waals surface area contributed by atoms with E-state index in [2.05, 4.69) is 21.5 Å². The number of hydrogen-bond donors (Lipinski definition) is 1. The molecule has 1 amide bonds. The van der Waals surface area contributed by atoms with Gasteiger partial charge in [-0.1, -0.05) is 6.92 Å². The number of amides is 1. The van der Waals surface area contributed by atoms with Gasteiger partial charge in [-0.15, -0.1) is 0 Å². The Morgan fingerprint density at radius 2 is 2.23 bits per heavy atom. The molecule has 0 unspecified atom stereocenters. The summed E-state index contributed by atoms with van der Waals surface area (Å²) >= 11 is 1.54. The quantitative estimate of drug-likeness (QED) is 0.947. The molecular weight excluding hydrogens is 294 g/mol. The first-order chi connectivity index (χ1) is 10.7. The van der Waals surface area contributed by atoms with E-state index in [1.54, 1.807) is 11.5 Å². The predicted octanol–water partition coefficient (Wildman–Crippen LogP) is 2.68. The summed E-state index contributed by atoms with van der Waals surface area (Å²) in [6.45, 7) is 5.54. The number of hydrogen-bond acceptors (Lipinski definition) is 4. The van der Waals surface area contributed by atoms with Crippen molar-refractivity contribution >= 4 is 28.3 Å². The highest BCUT2D eigenvalue weighted by Gasteiger charge is 2.34. The van der Waals surface area contributed by atoms with Crippen molar-refractivity contribution in [1.82, 2.24) is 14.6 Å². The minimum atomic E-state index is 0.0638.